The van der Waals surface area contributed by atoms with Crippen molar-refractivity contribution in [2.75, 3.05) is 18.8 Å². The predicted octanol–water partition coefficient (Wildman–Crippen LogP) is 2.58. The van der Waals surface area contributed by atoms with Crippen molar-refractivity contribution in [1.82, 2.24) is 19.1 Å². The standard InChI is InChI=1S/C16H20F2N4OS/c17-13-3-4-14(15(18)9-13)16(23,10-21-12-19-11-20-21)5-8-24-22-6-1-2-7-22/h3-4,9,11-12,23H,1-2,5-8,10H2/t16-/m0/s1. The van der Waals surface area contributed by atoms with Crippen LogP contribution in [0, 0.1) is 11.6 Å². The number of aromatic nitrogens is 3. The average Bonchev–Trinajstić information content (AvgIpc) is 3.20. The minimum atomic E-state index is -1.47. The van der Waals surface area contributed by atoms with Gasteiger partial charge in [0.25, 0.3) is 0 Å². The lowest BCUT2D eigenvalue weighted by molar-refractivity contribution is 0.00862. The number of rotatable bonds is 7. The maximum Gasteiger partial charge on any atom is 0.137 e. The van der Waals surface area contributed by atoms with Gasteiger partial charge >= 0.3 is 0 Å². The second-order valence-corrected chi connectivity index (χ2v) is 7.15. The number of hydrogen-bond acceptors (Lipinski definition) is 5. The molecule has 1 aromatic heterocycles. The fourth-order valence-electron chi connectivity index (χ4n) is 2.91. The zero-order chi connectivity index (χ0) is 17.0. The minimum absolute atomic E-state index is 0.0656. The van der Waals surface area contributed by atoms with Gasteiger partial charge in [-0.25, -0.2) is 18.4 Å². The van der Waals surface area contributed by atoms with Gasteiger partial charge in [-0.2, -0.15) is 5.10 Å². The van der Waals surface area contributed by atoms with Gasteiger partial charge in [0.1, 0.15) is 29.9 Å². The first-order valence-corrected chi connectivity index (χ1v) is 8.89. The van der Waals surface area contributed by atoms with Gasteiger partial charge in [0, 0.05) is 30.5 Å². The van der Waals surface area contributed by atoms with E-state index in [1.54, 1.807) is 11.9 Å². The Balaban J connectivity index is 1.76. The molecule has 1 atom stereocenters. The number of hydrogen-bond donors (Lipinski definition) is 1. The van der Waals surface area contributed by atoms with E-state index in [-0.39, 0.29) is 12.1 Å². The van der Waals surface area contributed by atoms with E-state index in [1.165, 1.54) is 42.3 Å². The molecule has 1 aliphatic heterocycles. The topological polar surface area (TPSA) is 54.2 Å². The summed E-state index contributed by atoms with van der Waals surface area (Å²) in [6.07, 6.45) is 5.53. The Morgan fingerprint density at radius 2 is 2.04 bits per heavy atom. The van der Waals surface area contributed by atoms with E-state index >= 15 is 0 Å². The van der Waals surface area contributed by atoms with Gasteiger partial charge in [-0.15, -0.1) is 0 Å². The zero-order valence-corrected chi connectivity index (χ0v) is 14.1. The Kier molecular flexibility index (Phi) is 5.47. The van der Waals surface area contributed by atoms with Crippen molar-refractivity contribution < 1.29 is 13.9 Å². The summed E-state index contributed by atoms with van der Waals surface area (Å²) in [6.45, 7) is 2.14. The minimum Gasteiger partial charge on any atom is -0.383 e. The van der Waals surface area contributed by atoms with Crippen LogP contribution in [0.25, 0.3) is 0 Å². The fraction of sp³-hybridized carbons (Fsp3) is 0.500. The molecule has 3 rings (SSSR count). The molecule has 1 saturated heterocycles. The molecule has 0 aliphatic carbocycles. The Labute approximate surface area is 143 Å². The summed E-state index contributed by atoms with van der Waals surface area (Å²) >= 11 is 1.66. The predicted molar refractivity (Wildman–Crippen MR) is 88.2 cm³/mol. The summed E-state index contributed by atoms with van der Waals surface area (Å²) in [5, 5.41) is 15.1. The molecule has 0 unspecified atom stereocenters. The van der Waals surface area contributed by atoms with Gasteiger partial charge in [0.15, 0.2) is 0 Å². The lowest BCUT2D eigenvalue weighted by Gasteiger charge is -2.29. The van der Waals surface area contributed by atoms with Crippen LogP contribution in [0.2, 0.25) is 0 Å². The molecule has 24 heavy (non-hydrogen) atoms. The van der Waals surface area contributed by atoms with Crippen LogP contribution in [0.1, 0.15) is 24.8 Å². The van der Waals surface area contributed by atoms with Crippen LogP contribution < -0.4 is 0 Å². The van der Waals surface area contributed by atoms with Crippen molar-refractivity contribution in [2.24, 2.45) is 0 Å². The summed E-state index contributed by atoms with van der Waals surface area (Å²) in [7, 11) is 0. The van der Waals surface area contributed by atoms with Crippen molar-refractivity contribution >= 4 is 11.9 Å². The normalized spacial score (nSPS) is 18.0. The molecule has 0 saturated carbocycles. The molecule has 0 radical (unpaired) electrons. The highest BCUT2D eigenvalue weighted by Crippen LogP contribution is 2.32. The molecule has 1 fully saturated rings. The molecule has 5 nitrogen and oxygen atoms in total. The van der Waals surface area contributed by atoms with E-state index in [4.69, 9.17) is 0 Å². The highest BCUT2D eigenvalue weighted by Gasteiger charge is 2.33. The fourth-order valence-corrected chi connectivity index (χ4v) is 4.11. The second kappa shape index (κ2) is 7.58. The van der Waals surface area contributed by atoms with Crippen molar-refractivity contribution in [1.29, 1.82) is 0 Å². The van der Waals surface area contributed by atoms with Gasteiger partial charge in [0.05, 0.1) is 6.54 Å². The number of nitrogens with zero attached hydrogens (tertiary/aromatic N) is 4. The highest BCUT2D eigenvalue weighted by atomic mass is 32.2. The van der Waals surface area contributed by atoms with Crippen molar-refractivity contribution in [2.45, 2.75) is 31.4 Å². The lowest BCUT2D eigenvalue weighted by atomic mass is 9.90. The Bertz CT molecular complexity index is 664. The SMILES string of the molecule is O[C@@](CCSN1CCCC1)(Cn1cncn1)c1ccc(F)cc1F. The van der Waals surface area contributed by atoms with Gasteiger partial charge in [0.2, 0.25) is 0 Å². The highest BCUT2D eigenvalue weighted by molar-refractivity contribution is 7.97. The molecule has 2 aromatic rings. The van der Waals surface area contributed by atoms with E-state index < -0.39 is 17.2 Å². The van der Waals surface area contributed by atoms with Crippen LogP contribution in [0.4, 0.5) is 8.78 Å². The molecule has 2 heterocycles. The maximum absolute atomic E-state index is 14.2. The van der Waals surface area contributed by atoms with E-state index in [0.717, 1.165) is 19.2 Å². The molecule has 130 valence electrons. The summed E-state index contributed by atoms with van der Waals surface area (Å²) in [5.41, 5.74) is -1.39. The first-order chi connectivity index (χ1) is 11.6. The molecular weight excluding hydrogens is 334 g/mol. The van der Waals surface area contributed by atoms with Crippen molar-refractivity contribution in [3.63, 3.8) is 0 Å². The Morgan fingerprint density at radius 1 is 1.25 bits per heavy atom. The number of benzene rings is 1. The molecule has 8 heteroatoms. The van der Waals surface area contributed by atoms with Crippen molar-refractivity contribution in [3.8, 4) is 0 Å². The molecular formula is C16H20F2N4OS. The Morgan fingerprint density at radius 3 is 2.71 bits per heavy atom. The van der Waals surface area contributed by atoms with Gasteiger partial charge in [-0.1, -0.05) is 18.0 Å². The van der Waals surface area contributed by atoms with Crippen LogP contribution in [0.3, 0.4) is 0 Å². The third-order valence-electron chi connectivity index (χ3n) is 4.18. The third-order valence-corrected chi connectivity index (χ3v) is 5.29. The van der Waals surface area contributed by atoms with Gasteiger partial charge in [-0.05, 0) is 25.3 Å². The quantitative estimate of drug-likeness (QED) is 0.775. The number of aliphatic hydroxyl groups is 1. The summed E-state index contributed by atoms with van der Waals surface area (Å²) in [5.74, 6) is -0.767. The van der Waals surface area contributed by atoms with Crippen LogP contribution in [-0.4, -0.2) is 43.0 Å². The lowest BCUT2D eigenvalue weighted by Crippen LogP contribution is -2.34. The summed E-state index contributed by atoms with van der Waals surface area (Å²) < 4.78 is 31.2. The molecule has 1 aliphatic rings. The van der Waals surface area contributed by atoms with E-state index in [0.29, 0.717) is 12.2 Å². The van der Waals surface area contributed by atoms with E-state index in [2.05, 4.69) is 14.4 Å². The first-order valence-electron chi connectivity index (χ1n) is 7.95. The molecule has 1 N–H and O–H groups in total. The molecule has 1 aromatic carbocycles. The Hall–Kier alpha value is -1.51. The summed E-state index contributed by atoms with van der Waals surface area (Å²) in [4.78, 5) is 3.85. The molecule has 0 amide bonds. The van der Waals surface area contributed by atoms with Crippen LogP contribution >= 0.6 is 11.9 Å². The van der Waals surface area contributed by atoms with Gasteiger partial charge < -0.3 is 5.11 Å². The van der Waals surface area contributed by atoms with E-state index in [9.17, 15) is 13.9 Å². The maximum atomic E-state index is 14.2. The smallest absolute Gasteiger partial charge is 0.137 e. The second-order valence-electron chi connectivity index (χ2n) is 5.97. The third kappa shape index (κ3) is 4.12. The van der Waals surface area contributed by atoms with Gasteiger partial charge in [-0.3, -0.25) is 4.31 Å². The molecule has 0 bridgehead atoms. The largest absolute Gasteiger partial charge is 0.383 e. The summed E-state index contributed by atoms with van der Waals surface area (Å²) in [6, 6.07) is 3.27. The first kappa shape index (κ1) is 17.3. The monoisotopic (exact) mass is 354 g/mol. The zero-order valence-electron chi connectivity index (χ0n) is 13.2. The number of halogens is 2. The van der Waals surface area contributed by atoms with Crippen LogP contribution in [0.15, 0.2) is 30.9 Å². The van der Waals surface area contributed by atoms with Crippen LogP contribution in [0.5, 0.6) is 0 Å². The van der Waals surface area contributed by atoms with Crippen LogP contribution in [-0.2, 0) is 12.1 Å². The molecule has 0 spiro atoms. The van der Waals surface area contributed by atoms with E-state index in [1.807, 2.05) is 0 Å². The van der Waals surface area contributed by atoms with Crippen molar-refractivity contribution in [3.05, 3.63) is 48.1 Å². The average molecular weight is 354 g/mol.